The lowest BCUT2D eigenvalue weighted by Gasteiger charge is -2.38. The molecule has 6 rings (SSSR count). The molecule has 2 N–H and O–H groups in total. The fraction of sp³-hybridized carbons (Fsp3) is 0.645. The summed E-state index contributed by atoms with van der Waals surface area (Å²) < 4.78 is 6.50. The van der Waals surface area contributed by atoms with Crippen LogP contribution >= 0.6 is 11.6 Å². The number of ether oxygens (including phenoxy) is 1. The van der Waals surface area contributed by atoms with Crippen LogP contribution in [0, 0.1) is 11.8 Å². The third-order valence-corrected chi connectivity index (χ3v) is 10.1. The summed E-state index contributed by atoms with van der Waals surface area (Å²) in [5, 5.41) is 6.81. The number of nitrogens with zero attached hydrogens (tertiary/aromatic N) is 2. The first-order chi connectivity index (χ1) is 19.4. The van der Waals surface area contributed by atoms with Crippen molar-refractivity contribution in [3.63, 3.8) is 0 Å². The molecule has 6 atom stereocenters. The number of anilines is 1. The Kier molecular flexibility index (Phi) is 7.94. The lowest BCUT2D eigenvalue weighted by molar-refractivity contribution is -0.141. The van der Waals surface area contributed by atoms with Crippen LogP contribution in [0.5, 0.6) is 0 Å². The number of fused-ring (bicyclic) bond motifs is 1. The molecule has 1 aliphatic carbocycles. The van der Waals surface area contributed by atoms with E-state index in [1.54, 1.807) is 29.2 Å². The first-order valence-electron chi connectivity index (χ1n) is 15.2. The van der Waals surface area contributed by atoms with Crippen molar-refractivity contribution in [1.82, 2.24) is 15.1 Å². The molecular formula is C31H41ClN4O4. The van der Waals surface area contributed by atoms with Crippen molar-refractivity contribution in [2.75, 3.05) is 25.0 Å². The van der Waals surface area contributed by atoms with E-state index < -0.39 is 29.6 Å². The van der Waals surface area contributed by atoms with E-state index in [0.29, 0.717) is 23.3 Å². The molecule has 4 aliphatic heterocycles. The van der Waals surface area contributed by atoms with Crippen LogP contribution in [0.15, 0.2) is 36.4 Å². The highest BCUT2D eigenvalue weighted by molar-refractivity contribution is 6.30. The molecule has 0 radical (unpaired) electrons. The van der Waals surface area contributed by atoms with Crippen molar-refractivity contribution in [2.24, 2.45) is 11.8 Å². The minimum Gasteiger partial charge on any atom is -0.359 e. The standard InChI is InChI=1S/C31H41ClN4O4/c1-2-23-10-6-7-17-35(23)18-19-36-27(29(38)34-21-8-4-3-5-9-21)31-16-15-24(40-31)25(26(31)30(36)39)28(37)33-22-13-11-20(32)12-14-22/h11-16,21,23-27H,2-10,17-19H2,1H3,(H,33,37)(H,34,38)/t23-,24+,25+,26+,27-,31+/m1/s1. The van der Waals surface area contributed by atoms with E-state index in [1.165, 1.54) is 19.3 Å². The number of nitrogens with one attached hydrogen (secondary N) is 2. The molecule has 3 amide bonds. The van der Waals surface area contributed by atoms with Gasteiger partial charge in [0.1, 0.15) is 11.6 Å². The third kappa shape index (κ3) is 4.96. The van der Waals surface area contributed by atoms with Crippen LogP contribution in [0.1, 0.15) is 64.7 Å². The van der Waals surface area contributed by atoms with E-state index in [4.69, 9.17) is 16.3 Å². The lowest BCUT2D eigenvalue weighted by Crippen LogP contribution is -2.57. The first-order valence-corrected chi connectivity index (χ1v) is 15.6. The molecule has 0 unspecified atom stereocenters. The lowest BCUT2D eigenvalue weighted by atomic mass is 9.74. The van der Waals surface area contributed by atoms with E-state index >= 15 is 0 Å². The summed E-state index contributed by atoms with van der Waals surface area (Å²) in [5.41, 5.74) is -0.519. The SMILES string of the molecule is CC[C@@H]1CCCCN1CCN1C(=O)[C@@H]2[C@@H](C(=O)Nc3ccc(Cl)cc3)[C@@H]3C=C[C@@]2(O3)[C@H]1C(=O)NC1CCCCC1. The Hall–Kier alpha value is -2.42. The van der Waals surface area contributed by atoms with Gasteiger partial charge in [0.25, 0.3) is 0 Å². The Morgan fingerprint density at radius 3 is 2.52 bits per heavy atom. The second-order valence-electron chi connectivity index (χ2n) is 12.2. The number of carbonyl (C=O) groups is 3. The average Bonchev–Trinajstić information content (AvgIpc) is 3.61. The molecule has 40 heavy (non-hydrogen) atoms. The van der Waals surface area contributed by atoms with Gasteiger partial charge in [0.05, 0.1) is 17.9 Å². The van der Waals surface area contributed by atoms with E-state index in [0.717, 1.165) is 51.6 Å². The van der Waals surface area contributed by atoms with Crippen molar-refractivity contribution in [3.05, 3.63) is 41.4 Å². The van der Waals surface area contributed by atoms with Gasteiger partial charge in [-0.3, -0.25) is 19.3 Å². The second kappa shape index (κ2) is 11.5. The van der Waals surface area contributed by atoms with Crippen LogP contribution in [-0.2, 0) is 19.1 Å². The Bertz CT molecular complexity index is 1150. The number of piperidine rings is 1. The van der Waals surface area contributed by atoms with Gasteiger partial charge in [-0.2, -0.15) is 0 Å². The molecule has 5 aliphatic rings. The van der Waals surface area contributed by atoms with Crippen molar-refractivity contribution in [1.29, 1.82) is 0 Å². The van der Waals surface area contributed by atoms with Crippen molar-refractivity contribution in [3.8, 4) is 0 Å². The van der Waals surface area contributed by atoms with Gasteiger partial charge in [0.15, 0.2) is 0 Å². The zero-order chi connectivity index (χ0) is 27.9. The van der Waals surface area contributed by atoms with Crippen molar-refractivity contribution >= 4 is 35.0 Å². The van der Waals surface area contributed by atoms with Gasteiger partial charge in [-0.1, -0.05) is 56.4 Å². The summed E-state index contributed by atoms with van der Waals surface area (Å²) in [4.78, 5) is 46.1. The van der Waals surface area contributed by atoms with Gasteiger partial charge in [-0.15, -0.1) is 0 Å². The smallest absolute Gasteiger partial charge is 0.246 e. The van der Waals surface area contributed by atoms with E-state index in [9.17, 15) is 14.4 Å². The average molecular weight is 569 g/mol. The summed E-state index contributed by atoms with van der Waals surface area (Å²) in [6.07, 6.45) is 13.2. The summed E-state index contributed by atoms with van der Waals surface area (Å²) in [6.45, 7) is 4.40. The van der Waals surface area contributed by atoms with Crippen molar-refractivity contribution in [2.45, 2.75) is 94.5 Å². The van der Waals surface area contributed by atoms with Gasteiger partial charge in [-0.05, 0) is 62.9 Å². The molecule has 4 fully saturated rings. The number of rotatable bonds is 8. The van der Waals surface area contributed by atoms with Gasteiger partial charge >= 0.3 is 0 Å². The molecule has 216 valence electrons. The molecule has 0 aromatic heterocycles. The molecule has 1 aromatic rings. The van der Waals surface area contributed by atoms with Gasteiger partial charge in [0.2, 0.25) is 17.7 Å². The minimum atomic E-state index is -1.13. The highest BCUT2D eigenvalue weighted by Crippen LogP contribution is 2.55. The summed E-state index contributed by atoms with van der Waals surface area (Å²) in [5.74, 6) is -2.02. The van der Waals surface area contributed by atoms with E-state index in [1.807, 2.05) is 12.2 Å². The van der Waals surface area contributed by atoms with E-state index in [2.05, 4.69) is 22.5 Å². The van der Waals surface area contributed by atoms with Crippen LogP contribution in [0.25, 0.3) is 0 Å². The second-order valence-corrected chi connectivity index (χ2v) is 12.6. The summed E-state index contributed by atoms with van der Waals surface area (Å²) in [6, 6.07) is 6.75. The third-order valence-electron chi connectivity index (χ3n) is 9.84. The van der Waals surface area contributed by atoms with Crippen LogP contribution in [0.2, 0.25) is 5.02 Å². The predicted octanol–water partition coefficient (Wildman–Crippen LogP) is 4.14. The highest BCUT2D eigenvalue weighted by Gasteiger charge is 2.72. The van der Waals surface area contributed by atoms with Gasteiger partial charge in [0, 0.05) is 35.9 Å². The fourth-order valence-corrected chi connectivity index (χ4v) is 7.97. The summed E-state index contributed by atoms with van der Waals surface area (Å²) >= 11 is 6.02. The monoisotopic (exact) mass is 568 g/mol. The largest absolute Gasteiger partial charge is 0.359 e. The molecule has 3 saturated heterocycles. The molecule has 1 spiro atoms. The zero-order valence-corrected chi connectivity index (χ0v) is 24.1. The molecule has 8 nitrogen and oxygen atoms in total. The fourth-order valence-electron chi connectivity index (χ4n) is 7.85. The maximum atomic E-state index is 14.2. The quantitative estimate of drug-likeness (QED) is 0.460. The maximum absolute atomic E-state index is 14.2. The van der Waals surface area contributed by atoms with Crippen molar-refractivity contribution < 1.29 is 19.1 Å². The van der Waals surface area contributed by atoms with Crippen LogP contribution in [-0.4, -0.2) is 77.0 Å². The van der Waals surface area contributed by atoms with Gasteiger partial charge in [-0.25, -0.2) is 0 Å². The number of halogens is 1. The van der Waals surface area contributed by atoms with Gasteiger partial charge < -0.3 is 20.3 Å². The Morgan fingerprint density at radius 1 is 1.02 bits per heavy atom. The molecule has 9 heteroatoms. The topological polar surface area (TPSA) is 91.0 Å². The highest BCUT2D eigenvalue weighted by atomic mass is 35.5. The number of hydrogen-bond acceptors (Lipinski definition) is 5. The summed E-state index contributed by atoms with van der Waals surface area (Å²) in [7, 11) is 0. The van der Waals surface area contributed by atoms with Crippen LogP contribution in [0.3, 0.4) is 0 Å². The molecule has 1 aromatic carbocycles. The Balaban J connectivity index is 1.26. The normalized spacial score (nSPS) is 33.8. The Labute approximate surface area is 241 Å². The maximum Gasteiger partial charge on any atom is 0.246 e. The number of benzene rings is 1. The molecule has 2 bridgehead atoms. The van der Waals surface area contributed by atoms with E-state index in [-0.39, 0.29) is 23.8 Å². The predicted molar refractivity (Wildman–Crippen MR) is 154 cm³/mol. The number of likely N-dealkylation sites (tertiary alicyclic amines) is 2. The number of amides is 3. The number of hydrogen-bond donors (Lipinski definition) is 2. The minimum absolute atomic E-state index is 0.117. The zero-order valence-electron chi connectivity index (χ0n) is 23.3. The van der Waals surface area contributed by atoms with Crippen LogP contribution in [0.4, 0.5) is 5.69 Å². The molecule has 4 heterocycles. The Morgan fingerprint density at radius 2 is 1.77 bits per heavy atom. The van der Waals surface area contributed by atoms with Crippen LogP contribution < -0.4 is 10.6 Å². The first kappa shape index (κ1) is 27.7. The molecular weight excluding hydrogens is 528 g/mol. The molecule has 1 saturated carbocycles. The number of carbonyl (C=O) groups excluding carboxylic acids is 3.